The molecule has 0 amide bonds. The zero-order valence-corrected chi connectivity index (χ0v) is 14.9. The molecule has 0 unspecified atom stereocenters. The van der Waals surface area contributed by atoms with Gasteiger partial charge in [0, 0.05) is 56.7 Å². The first-order chi connectivity index (χ1) is 12.1. The number of hydrogen-bond donors (Lipinski definition) is 2. The number of halogens is 1. The van der Waals surface area contributed by atoms with Gasteiger partial charge in [-0.05, 0) is 13.1 Å². The molecule has 0 aliphatic carbocycles. The zero-order valence-electron chi connectivity index (χ0n) is 14.2. The van der Waals surface area contributed by atoms with Gasteiger partial charge in [-0.2, -0.15) is 0 Å². The molecule has 134 valence electrons. The fourth-order valence-electron chi connectivity index (χ4n) is 2.58. The van der Waals surface area contributed by atoms with Crippen LogP contribution in [0.4, 0.5) is 17.2 Å². The lowest BCUT2D eigenvalue weighted by Gasteiger charge is -2.32. The lowest BCUT2D eigenvalue weighted by molar-refractivity contribution is 0.132. The van der Waals surface area contributed by atoms with Crippen LogP contribution >= 0.6 is 11.6 Å². The number of pyridine rings is 1. The first-order valence-corrected chi connectivity index (χ1v) is 8.53. The van der Waals surface area contributed by atoms with Crippen LogP contribution in [0.1, 0.15) is 0 Å². The van der Waals surface area contributed by atoms with E-state index in [1.165, 1.54) is 0 Å². The van der Waals surface area contributed by atoms with E-state index >= 15 is 0 Å². The number of nitrogens with zero attached hydrogens (tertiary/aromatic N) is 5. The fraction of sp³-hybridized carbons (Fsp3) is 0.438. The normalized spacial score (nSPS) is 15.9. The van der Waals surface area contributed by atoms with Gasteiger partial charge in [0.25, 0.3) is 5.88 Å². The van der Waals surface area contributed by atoms with E-state index in [0.29, 0.717) is 24.0 Å². The molecule has 3 N–H and O–H groups in total. The van der Waals surface area contributed by atoms with Crippen molar-refractivity contribution in [3.63, 3.8) is 0 Å². The summed E-state index contributed by atoms with van der Waals surface area (Å²) >= 11 is 5.96. The highest BCUT2D eigenvalue weighted by Crippen LogP contribution is 2.27. The van der Waals surface area contributed by atoms with Crippen LogP contribution in [-0.4, -0.2) is 71.4 Å². The first kappa shape index (κ1) is 17.7. The molecule has 0 atom stereocenters. The number of nitrogens with two attached hydrogens (primary N) is 1. The van der Waals surface area contributed by atoms with Gasteiger partial charge in [-0.25, -0.2) is 4.98 Å². The molecule has 25 heavy (non-hydrogen) atoms. The molecular weight excluding hydrogens is 342 g/mol. The Kier molecular flexibility index (Phi) is 5.85. The van der Waals surface area contributed by atoms with E-state index in [1.54, 1.807) is 24.4 Å². The number of anilines is 3. The number of piperazine rings is 1. The summed E-state index contributed by atoms with van der Waals surface area (Å²) in [5, 5.41) is 11.4. The molecule has 0 aromatic carbocycles. The molecular formula is C16H22ClN7O. The molecule has 0 bridgehead atoms. The van der Waals surface area contributed by atoms with Crippen molar-refractivity contribution in [1.29, 1.82) is 0 Å². The zero-order chi connectivity index (χ0) is 17.6. The monoisotopic (exact) mass is 363 g/mol. The van der Waals surface area contributed by atoms with Crippen LogP contribution in [0.2, 0.25) is 5.15 Å². The Morgan fingerprint density at radius 3 is 2.80 bits per heavy atom. The summed E-state index contributed by atoms with van der Waals surface area (Å²) in [7, 11) is 2.14. The van der Waals surface area contributed by atoms with Crippen LogP contribution in [0.25, 0.3) is 0 Å². The number of likely N-dealkylation sites (N-methyl/N-ethyl adjacent to an activating group) is 1. The Hall–Kier alpha value is -2.16. The molecule has 2 aromatic heterocycles. The molecule has 9 heteroatoms. The second kappa shape index (κ2) is 8.28. The van der Waals surface area contributed by atoms with E-state index in [4.69, 9.17) is 22.1 Å². The predicted molar refractivity (Wildman–Crippen MR) is 98.4 cm³/mol. The second-order valence-corrected chi connectivity index (χ2v) is 6.36. The van der Waals surface area contributed by atoms with Gasteiger partial charge in [0.1, 0.15) is 18.1 Å². The van der Waals surface area contributed by atoms with Crippen molar-refractivity contribution in [3.05, 3.63) is 29.5 Å². The second-order valence-electron chi connectivity index (χ2n) is 5.97. The van der Waals surface area contributed by atoms with Gasteiger partial charge in [-0.1, -0.05) is 11.6 Å². The summed E-state index contributed by atoms with van der Waals surface area (Å²) in [5.41, 5.74) is 7.13. The van der Waals surface area contributed by atoms with E-state index in [1.807, 2.05) is 0 Å². The average Bonchev–Trinajstić information content (AvgIpc) is 2.59. The Bertz CT molecular complexity index is 707. The molecule has 1 aliphatic rings. The van der Waals surface area contributed by atoms with E-state index in [2.05, 4.69) is 37.3 Å². The molecule has 0 saturated carbocycles. The van der Waals surface area contributed by atoms with Gasteiger partial charge in [-0.15, -0.1) is 10.2 Å². The van der Waals surface area contributed by atoms with Gasteiger partial charge >= 0.3 is 0 Å². The molecule has 3 rings (SSSR count). The molecule has 2 aromatic rings. The minimum absolute atomic E-state index is 0.288. The lowest BCUT2D eigenvalue weighted by Crippen LogP contribution is -2.45. The van der Waals surface area contributed by atoms with Gasteiger partial charge in [0.05, 0.1) is 0 Å². The molecule has 0 spiro atoms. The molecule has 1 fully saturated rings. The van der Waals surface area contributed by atoms with Gasteiger partial charge in [0.2, 0.25) is 0 Å². The Balaban J connectivity index is 1.61. The van der Waals surface area contributed by atoms with E-state index in [-0.39, 0.29) is 5.15 Å². The lowest BCUT2D eigenvalue weighted by atomic mass is 10.3. The van der Waals surface area contributed by atoms with Crippen LogP contribution < -0.4 is 15.8 Å². The summed E-state index contributed by atoms with van der Waals surface area (Å²) in [4.78, 5) is 8.67. The van der Waals surface area contributed by atoms with E-state index in [9.17, 15) is 0 Å². The highest BCUT2D eigenvalue weighted by molar-refractivity contribution is 6.29. The smallest absolute Gasteiger partial charge is 0.257 e. The third-order valence-corrected chi connectivity index (χ3v) is 4.22. The number of nitrogens with one attached hydrogen (secondary N) is 1. The van der Waals surface area contributed by atoms with Crippen molar-refractivity contribution >= 4 is 28.8 Å². The number of ether oxygens (including phenoxy) is 1. The molecule has 0 radical (unpaired) electrons. The van der Waals surface area contributed by atoms with Crippen LogP contribution in [0.5, 0.6) is 5.88 Å². The first-order valence-electron chi connectivity index (χ1n) is 8.15. The minimum atomic E-state index is 0.288. The summed E-state index contributed by atoms with van der Waals surface area (Å²) in [5.74, 6) is 0.838. The SMILES string of the molecule is CN1CCN(CCOc2nnc(Cl)cc2Nc2ccnc(N)c2)CC1. The third kappa shape index (κ3) is 5.15. The van der Waals surface area contributed by atoms with Crippen molar-refractivity contribution in [3.8, 4) is 5.88 Å². The number of hydrogen-bond acceptors (Lipinski definition) is 8. The maximum absolute atomic E-state index is 5.96. The summed E-state index contributed by atoms with van der Waals surface area (Å²) in [6.45, 7) is 5.64. The van der Waals surface area contributed by atoms with Crippen molar-refractivity contribution in [2.75, 3.05) is 57.4 Å². The summed E-state index contributed by atoms with van der Waals surface area (Å²) < 4.78 is 5.83. The topological polar surface area (TPSA) is 92.4 Å². The van der Waals surface area contributed by atoms with Crippen molar-refractivity contribution in [2.45, 2.75) is 0 Å². The Labute approximate surface area is 151 Å². The molecule has 8 nitrogen and oxygen atoms in total. The quantitative estimate of drug-likeness (QED) is 0.797. The maximum atomic E-state index is 5.96. The van der Waals surface area contributed by atoms with E-state index in [0.717, 1.165) is 38.4 Å². The van der Waals surface area contributed by atoms with E-state index < -0.39 is 0 Å². The predicted octanol–water partition coefficient (Wildman–Crippen LogP) is 1.48. The van der Waals surface area contributed by atoms with Crippen molar-refractivity contribution in [2.24, 2.45) is 0 Å². The van der Waals surface area contributed by atoms with Crippen LogP contribution in [0.3, 0.4) is 0 Å². The summed E-state index contributed by atoms with van der Waals surface area (Å²) in [6, 6.07) is 5.21. The average molecular weight is 364 g/mol. The highest BCUT2D eigenvalue weighted by atomic mass is 35.5. The van der Waals surface area contributed by atoms with Gasteiger partial charge in [-0.3, -0.25) is 4.90 Å². The number of aromatic nitrogens is 3. The molecule has 3 heterocycles. The largest absolute Gasteiger partial charge is 0.474 e. The van der Waals surface area contributed by atoms with Crippen LogP contribution in [-0.2, 0) is 0 Å². The molecule has 1 aliphatic heterocycles. The van der Waals surface area contributed by atoms with Crippen molar-refractivity contribution < 1.29 is 4.74 Å². The Morgan fingerprint density at radius 1 is 1.24 bits per heavy atom. The highest BCUT2D eigenvalue weighted by Gasteiger charge is 2.14. The fourth-order valence-corrected chi connectivity index (χ4v) is 2.72. The number of nitrogen functional groups attached to an aromatic ring is 1. The van der Waals surface area contributed by atoms with Crippen LogP contribution in [0.15, 0.2) is 24.4 Å². The third-order valence-electron chi connectivity index (χ3n) is 4.03. The van der Waals surface area contributed by atoms with Gasteiger partial charge < -0.3 is 20.7 Å². The molecule has 1 saturated heterocycles. The minimum Gasteiger partial charge on any atom is -0.474 e. The van der Waals surface area contributed by atoms with Crippen LogP contribution in [0, 0.1) is 0 Å². The number of rotatable bonds is 6. The maximum Gasteiger partial charge on any atom is 0.257 e. The Morgan fingerprint density at radius 2 is 2.04 bits per heavy atom. The standard InChI is InChI=1S/C16H22ClN7O/c1-23-4-6-24(7-5-23)8-9-25-16-13(11-14(17)21-22-16)20-12-2-3-19-15(18)10-12/h2-3,10-11H,4-9H2,1H3,(H3,18,19,20,21). The summed E-state index contributed by atoms with van der Waals surface area (Å²) in [6.07, 6.45) is 1.63. The van der Waals surface area contributed by atoms with Crippen molar-refractivity contribution in [1.82, 2.24) is 25.0 Å². The van der Waals surface area contributed by atoms with Gasteiger partial charge in [0.15, 0.2) is 5.15 Å².